The van der Waals surface area contributed by atoms with E-state index >= 15 is 0 Å². The Morgan fingerprint density at radius 2 is 1.72 bits per heavy atom. The Morgan fingerprint density at radius 1 is 1.00 bits per heavy atom. The van der Waals surface area contributed by atoms with Crippen molar-refractivity contribution in [1.29, 1.82) is 0 Å². The molecule has 3 amide bonds. The maximum absolute atomic E-state index is 12.0. The molecule has 0 bridgehead atoms. The predicted molar refractivity (Wildman–Crippen MR) is 114 cm³/mol. The summed E-state index contributed by atoms with van der Waals surface area (Å²) in [6, 6.07) is 14.4. The van der Waals surface area contributed by atoms with E-state index in [4.69, 9.17) is 0 Å². The molecule has 0 radical (unpaired) electrons. The van der Waals surface area contributed by atoms with Gasteiger partial charge in [-0.1, -0.05) is 48.0 Å². The zero-order valence-electron chi connectivity index (χ0n) is 16.8. The molecule has 7 nitrogen and oxygen atoms in total. The van der Waals surface area contributed by atoms with E-state index in [2.05, 4.69) is 21.5 Å². The van der Waals surface area contributed by atoms with Crippen LogP contribution in [-0.2, 0) is 14.4 Å². The molecule has 1 unspecified atom stereocenters. The SMILES string of the molecule is Cc1ccc(NCC(=O)NNC(=O)C(C)NC(=O)C=Cc2ccccc2)c(C)c1. The van der Waals surface area contributed by atoms with Crippen molar-refractivity contribution in [2.75, 3.05) is 11.9 Å². The summed E-state index contributed by atoms with van der Waals surface area (Å²) in [5.41, 5.74) is 8.53. The summed E-state index contributed by atoms with van der Waals surface area (Å²) in [6.45, 7) is 5.48. The number of amides is 3. The summed E-state index contributed by atoms with van der Waals surface area (Å²) in [4.78, 5) is 35.9. The lowest BCUT2D eigenvalue weighted by Gasteiger charge is -2.14. The maximum atomic E-state index is 12.0. The third-order valence-electron chi connectivity index (χ3n) is 4.13. The fourth-order valence-corrected chi connectivity index (χ4v) is 2.53. The van der Waals surface area contributed by atoms with Crippen LogP contribution in [0.2, 0.25) is 0 Å². The molecule has 2 aromatic carbocycles. The fraction of sp³-hybridized carbons (Fsp3) is 0.227. The van der Waals surface area contributed by atoms with Gasteiger partial charge in [-0.2, -0.15) is 0 Å². The molecule has 4 N–H and O–H groups in total. The van der Waals surface area contributed by atoms with Crippen molar-refractivity contribution >= 4 is 29.5 Å². The molecule has 152 valence electrons. The highest BCUT2D eigenvalue weighted by atomic mass is 16.2. The van der Waals surface area contributed by atoms with E-state index in [1.165, 1.54) is 13.0 Å². The van der Waals surface area contributed by atoms with Crippen LogP contribution in [-0.4, -0.2) is 30.3 Å². The summed E-state index contributed by atoms with van der Waals surface area (Å²) in [6.07, 6.45) is 3.01. The Kier molecular flexibility index (Phi) is 7.97. The first-order chi connectivity index (χ1) is 13.8. The number of anilines is 1. The van der Waals surface area contributed by atoms with Crippen molar-refractivity contribution in [1.82, 2.24) is 16.2 Å². The predicted octanol–water partition coefficient (Wildman–Crippen LogP) is 2.08. The first-order valence-corrected chi connectivity index (χ1v) is 9.28. The van der Waals surface area contributed by atoms with E-state index in [9.17, 15) is 14.4 Å². The van der Waals surface area contributed by atoms with E-state index in [0.29, 0.717) is 0 Å². The van der Waals surface area contributed by atoms with Crippen molar-refractivity contribution in [2.45, 2.75) is 26.8 Å². The molecule has 2 aromatic rings. The molecular formula is C22H26N4O3. The topological polar surface area (TPSA) is 99.3 Å². The van der Waals surface area contributed by atoms with E-state index in [-0.39, 0.29) is 6.54 Å². The summed E-state index contributed by atoms with van der Waals surface area (Å²) < 4.78 is 0. The van der Waals surface area contributed by atoms with Crippen LogP contribution in [0.1, 0.15) is 23.6 Å². The highest BCUT2D eigenvalue weighted by Gasteiger charge is 2.15. The quantitative estimate of drug-likeness (QED) is 0.427. The first-order valence-electron chi connectivity index (χ1n) is 9.28. The lowest BCUT2D eigenvalue weighted by Crippen LogP contribution is -2.51. The fourth-order valence-electron chi connectivity index (χ4n) is 2.53. The van der Waals surface area contributed by atoms with Gasteiger partial charge in [0.1, 0.15) is 6.04 Å². The van der Waals surface area contributed by atoms with Crippen LogP contribution in [0.5, 0.6) is 0 Å². The van der Waals surface area contributed by atoms with Crippen LogP contribution in [0.15, 0.2) is 54.6 Å². The second-order valence-corrected chi connectivity index (χ2v) is 6.68. The summed E-state index contributed by atoms with van der Waals surface area (Å²) >= 11 is 0. The zero-order valence-corrected chi connectivity index (χ0v) is 16.8. The second kappa shape index (κ2) is 10.7. The van der Waals surface area contributed by atoms with E-state index in [1.807, 2.05) is 62.4 Å². The van der Waals surface area contributed by atoms with Crippen LogP contribution < -0.4 is 21.5 Å². The van der Waals surface area contributed by atoms with Gasteiger partial charge in [0.05, 0.1) is 6.54 Å². The highest BCUT2D eigenvalue weighted by Crippen LogP contribution is 2.15. The van der Waals surface area contributed by atoms with Crippen molar-refractivity contribution < 1.29 is 14.4 Å². The van der Waals surface area contributed by atoms with Gasteiger partial charge >= 0.3 is 0 Å². The molecule has 0 saturated heterocycles. The molecule has 2 rings (SSSR count). The zero-order chi connectivity index (χ0) is 21.2. The normalized spacial score (nSPS) is 11.6. The van der Waals surface area contributed by atoms with Gasteiger partial charge in [-0.15, -0.1) is 0 Å². The Hall–Kier alpha value is -3.61. The Bertz CT molecular complexity index is 894. The smallest absolute Gasteiger partial charge is 0.260 e. The molecule has 0 spiro atoms. The van der Waals surface area contributed by atoms with Crippen LogP contribution in [0.3, 0.4) is 0 Å². The average molecular weight is 394 g/mol. The average Bonchev–Trinajstić information content (AvgIpc) is 2.70. The molecule has 0 aliphatic heterocycles. The number of rotatable bonds is 7. The summed E-state index contributed by atoms with van der Waals surface area (Å²) in [5, 5.41) is 5.55. The van der Waals surface area contributed by atoms with Gasteiger partial charge < -0.3 is 10.6 Å². The van der Waals surface area contributed by atoms with Crippen molar-refractivity contribution in [2.24, 2.45) is 0 Å². The number of hydrazine groups is 1. The number of nitrogens with one attached hydrogen (secondary N) is 4. The van der Waals surface area contributed by atoms with Crippen LogP contribution in [0.4, 0.5) is 5.69 Å². The number of carbonyl (C=O) groups is 3. The lowest BCUT2D eigenvalue weighted by atomic mass is 10.1. The molecule has 0 aliphatic carbocycles. The van der Waals surface area contributed by atoms with Crippen molar-refractivity contribution in [3.63, 3.8) is 0 Å². The largest absolute Gasteiger partial charge is 0.376 e. The number of aryl methyl sites for hydroxylation is 2. The first kappa shape index (κ1) is 21.7. The maximum Gasteiger partial charge on any atom is 0.260 e. The molecular weight excluding hydrogens is 368 g/mol. The third-order valence-corrected chi connectivity index (χ3v) is 4.13. The van der Waals surface area contributed by atoms with Crippen molar-refractivity contribution in [3.05, 3.63) is 71.3 Å². The van der Waals surface area contributed by atoms with Gasteiger partial charge in [0.15, 0.2) is 0 Å². The molecule has 0 saturated carbocycles. The number of hydrogen-bond donors (Lipinski definition) is 4. The lowest BCUT2D eigenvalue weighted by molar-refractivity contribution is -0.130. The molecule has 0 heterocycles. The van der Waals surface area contributed by atoms with Crippen molar-refractivity contribution in [3.8, 4) is 0 Å². The summed E-state index contributed by atoms with van der Waals surface area (Å²) in [5.74, 6) is -1.33. The van der Waals surface area contributed by atoms with Gasteiger partial charge in [0, 0.05) is 11.8 Å². The number of hydrogen-bond acceptors (Lipinski definition) is 4. The third kappa shape index (κ3) is 7.50. The van der Waals surface area contributed by atoms with Gasteiger partial charge in [-0.05, 0) is 44.0 Å². The van der Waals surface area contributed by atoms with Gasteiger partial charge in [-0.3, -0.25) is 25.2 Å². The highest BCUT2D eigenvalue weighted by molar-refractivity contribution is 5.95. The minimum Gasteiger partial charge on any atom is -0.376 e. The molecule has 7 heteroatoms. The minimum atomic E-state index is -0.810. The molecule has 0 aromatic heterocycles. The van der Waals surface area contributed by atoms with E-state index in [0.717, 1.165) is 22.4 Å². The van der Waals surface area contributed by atoms with Gasteiger partial charge in [0.2, 0.25) is 5.91 Å². The second-order valence-electron chi connectivity index (χ2n) is 6.68. The van der Waals surface area contributed by atoms with Gasteiger partial charge in [-0.25, -0.2) is 0 Å². The van der Waals surface area contributed by atoms with Gasteiger partial charge in [0.25, 0.3) is 11.8 Å². The molecule has 0 aliphatic rings. The van der Waals surface area contributed by atoms with Crippen LogP contribution in [0, 0.1) is 13.8 Å². The standard InChI is InChI=1S/C22H26N4O3/c1-15-9-11-19(16(2)13-15)23-14-21(28)25-26-22(29)17(3)24-20(27)12-10-18-7-5-4-6-8-18/h4-13,17,23H,14H2,1-3H3,(H,24,27)(H,25,28)(H,26,29). The Balaban J connectivity index is 1.72. The molecule has 1 atom stereocenters. The molecule has 0 fully saturated rings. The minimum absolute atomic E-state index is 0.00470. The van der Waals surface area contributed by atoms with Crippen LogP contribution in [0.25, 0.3) is 6.08 Å². The summed E-state index contributed by atoms with van der Waals surface area (Å²) in [7, 11) is 0. The van der Waals surface area contributed by atoms with E-state index in [1.54, 1.807) is 6.08 Å². The van der Waals surface area contributed by atoms with Crippen LogP contribution >= 0.6 is 0 Å². The Morgan fingerprint density at radius 3 is 2.41 bits per heavy atom. The Labute approximate surface area is 170 Å². The number of benzene rings is 2. The van der Waals surface area contributed by atoms with E-state index < -0.39 is 23.8 Å². The monoisotopic (exact) mass is 394 g/mol. The number of carbonyl (C=O) groups excluding carboxylic acids is 3. The molecule has 29 heavy (non-hydrogen) atoms.